The predicted octanol–water partition coefficient (Wildman–Crippen LogP) is 12.6. The Hall–Kier alpha value is -6.26. The van der Waals surface area contributed by atoms with Crippen LogP contribution in [0.25, 0.3) is 72.7 Å². The number of aryl methyl sites for hydroxylation is 2. The lowest BCUT2D eigenvalue weighted by Crippen LogP contribution is -2.11. The minimum Gasteiger partial charge on any atom is -0.507 e. The molecule has 1 N–H and O–H groups in total. The van der Waals surface area contributed by atoms with Crippen LogP contribution in [0.1, 0.15) is 50.3 Å². The van der Waals surface area contributed by atoms with Crippen molar-refractivity contribution in [1.29, 1.82) is 0 Å². The zero-order chi connectivity index (χ0) is 36.8. The van der Waals surface area contributed by atoms with Crippen LogP contribution in [0, 0.1) is 0 Å². The standard InChI is InChI=1S/C50H43N3O/c1-50(2,3)41-28-39(27-40(29-41)45-31-38(25-26-51-45)35-23-21-34(22-24-35)33-13-6-4-7-14-33)43-19-12-20-46-48(43)52-49(53(46)42-17-8-5-9-18-42)44-30-36-15-10-11-16-37(36)32-47(44)54/h4-9,12-14,17-32,54H,10-11,15-16H2,1-3H3. The highest BCUT2D eigenvalue weighted by Gasteiger charge is 2.23. The number of para-hydroxylation sites is 2. The summed E-state index contributed by atoms with van der Waals surface area (Å²) in [7, 11) is 0. The quantitative estimate of drug-likeness (QED) is 0.188. The van der Waals surface area contributed by atoms with Gasteiger partial charge in [-0.2, -0.15) is 0 Å². The Morgan fingerprint density at radius 2 is 1.20 bits per heavy atom. The predicted molar refractivity (Wildman–Crippen MR) is 223 cm³/mol. The number of nitrogens with zero attached hydrogens (tertiary/aromatic N) is 3. The summed E-state index contributed by atoms with van der Waals surface area (Å²) in [5, 5.41) is 11.5. The fraction of sp³-hybridized carbons (Fsp3) is 0.160. The van der Waals surface area contributed by atoms with Gasteiger partial charge in [-0.25, -0.2) is 4.98 Å². The lowest BCUT2D eigenvalue weighted by atomic mass is 9.83. The molecule has 4 nitrogen and oxygen atoms in total. The SMILES string of the molecule is CC(C)(C)c1cc(-c2cc(-c3ccc(-c4ccccc4)cc3)ccn2)cc(-c2cccc3c2nc(-c2cc4c(cc2O)CCCC4)n3-c2ccccc2)c1. The van der Waals surface area contributed by atoms with Crippen molar-refractivity contribution in [3.63, 3.8) is 0 Å². The van der Waals surface area contributed by atoms with Gasteiger partial charge in [-0.1, -0.05) is 112 Å². The number of rotatable bonds is 6. The largest absolute Gasteiger partial charge is 0.507 e. The molecule has 4 heteroatoms. The van der Waals surface area contributed by atoms with E-state index in [1.54, 1.807) is 0 Å². The lowest BCUT2D eigenvalue weighted by Gasteiger charge is -2.22. The van der Waals surface area contributed by atoms with Crippen molar-refractivity contribution in [1.82, 2.24) is 14.5 Å². The number of fused-ring (bicyclic) bond motifs is 2. The summed E-state index contributed by atoms with van der Waals surface area (Å²) in [4.78, 5) is 10.3. The smallest absolute Gasteiger partial charge is 0.149 e. The molecule has 264 valence electrons. The van der Waals surface area contributed by atoms with Crippen LogP contribution in [0.15, 0.2) is 152 Å². The van der Waals surface area contributed by atoms with Gasteiger partial charge in [0.15, 0.2) is 0 Å². The summed E-state index contributed by atoms with van der Waals surface area (Å²) in [6, 6.07) is 51.3. The molecule has 8 aromatic rings. The molecule has 0 bridgehead atoms. The van der Waals surface area contributed by atoms with E-state index in [2.05, 4.69) is 153 Å². The highest BCUT2D eigenvalue weighted by molar-refractivity contribution is 5.97. The second-order valence-corrected chi connectivity index (χ2v) is 15.5. The van der Waals surface area contributed by atoms with E-state index in [9.17, 15) is 5.11 Å². The Kier molecular flexibility index (Phi) is 8.47. The number of imidazole rings is 1. The number of phenolic OH excluding ortho intramolecular Hbond substituents is 1. The first-order valence-corrected chi connectivity index (χ1v) is 19.0. The van der Waals surface area contributed by atoms with E-state index in [1.165, 1.54) is 34.2 Å². The van der Waals surface area contributed by atoms with Crippen molar-refractivity contribution < 1.29 is 5.11 Å². The molecule has 0 unspecified atom stereocenters. The third kappa shape index (κ3) is 6.28. The number of aromatic nitrogens is 3. The van der Waals surface area contributed by atoms with Gasteiger partial charge >= 0.3 is 0 Å². The van der Waals surface area contributed by atoms with E-state index in [0.29, 0.717) is 0 Å². The second kappa shape index (κ2) is 13.6. The molecule has 1 aliphatic carbocycles. The fourth-order valence-electron chi connectivity index (χ4n) is 7.92. The molecule has 2 heterocycles. The second-order valence-electron chi connectivity index (χ2n) is 15.5. The normalized spacial score (nSPS) is 12.9. The van der Waals surface area contributed by atoms with Crippen LogP contribution in [-0.2, 0) is 18.3 Å². The molecule has 0 aliphatic heterocycles. The molecule has 0 saturated heterocycles. The first-order chi connectivity index (χ1) is 26.3. The van der Waals surface area contributed by atoms with E-state index < -0.39 is 0 Å². The van der Waals surface area contributed by atoms with Gasteiger partial charge in [-0.05, 0) is 130 Å². The van der Waals surface area contributed by atoms with E-state index in [4.69, 9.17) is 9.97 Å². The highest BCUT2D eigenvalue weighted by atomic mass is 16.3. The summed E-state index contributed by atoms with van der Waals surface area (Å²) in [5.41, 5.74) is 16.1. The van der Waals surface area contributed by atoms with Crippen molar-refractivity contribution in [2.24, 2.45) is 0 Å². The maximum absolute atomic E-state index is 11.5. The number of hydrogen-bond donors (Lipinski definition) is 1. The van der Waals surface area contributed by atoms with Crippen LogP contribution in [0.5, 0.6) is 5.75 Å². The van der Waals surface area contributed by atoms with Gasteiger partial charge in [0.1, 0.15) is 11.6 Å². The molecule has 0 saturated carbocycles. The number of aromatic hydroxyl groups is 1. The Bertz CT molecular complexity index is 2630. The lowest BCUT2D eigenvalue weighted by molar-refractivity contribution is 0.474. The van der Waals surface area contributed by atoms with Gasteiger partial charge in [-0.3, -0.25) is 9.55 Å². The number of phenols is 1. The Labute approximate surface area is 317 Å². The Morgan fingerprint density at radius 1 is 0.556 bits per heavy atom. The molecule has 0 radical (unpaired) electrons. The topological polar surface area (TPSA) is 50.9 Å². The van der Waals surface area contributed by atoms with Gasteiger partial charge in [-0.15, -0.1) is 0 Å². The van der Waals surface area contributed by atoms with Gasteiger partial charge in [0.2, 0.25) is 0 Å². The Morgan fingerprint density at radius 3 is 1.93 bits per heavy atom. The van der Waals surface area contributed by atoms with Crippen molar-refractivity contribution in [3.05, 3.63) is 168 Å². The molecule has 9 rings (SSSR count). The zero-order valence-corrected chi connectivity index (χ0v) is 31.1. The number of pyridine rings is 1. The molecular weight excluding hydrogens is 659 g/mol. The van der Waals surface area contributed by atoms with Crippen molar-refractivity contribution in [3.8, 4) is 67.5 Å². The van der Waals surface area contributed by atoms with Gasteiger partial charge in [0, 0.05) is 23.0 Å². The molecule has 2 aromatic heterocycles. The highest BCUT2D eigenvalue weighted by Crippen LogP contribution is 2.41. The van der Waals surface area contributed by atoms with Gasteiger partial charge in [0.25, 0.3) is 0 Å². The molecule has 0 fully saturated rings. The molecule has 54 heavy (non-hydrogen) atoms. The van der Waals surface area contributed by atoms with Crippen LogP contribution in [0.3, 0.4) is 0 Å². The van der Waals surface area contributed by atoms with E-state index in [-0.39, 0.29) is 11.2 Å². The van der Waals surface area contributed by atoms with E-state index in [0.717, 1.165) is 80.9 Å². The molecule has 1 aliphatic rings. The minimum atomic E-state index is -0.104. The Balaban J connectivity index is 1.19. The summed E-state index contributed by atoms with van der Waals surface area (Å²) in [5.74, 6) is 1.02. The number of hydrogen-bond acceptors (Lipinski definition) is 3. The van der Waals surface area contributed by atoms with Crippen molar-refractivity contribution in [2.75, 3.05) is 0 Å². The average Bonchev–Trinajstić information content (AvgIpc) is 3.60. The average molecular weight is 702 g/mol. The van der Waals surface area contributed by atoms with Gasteiger partial charge in [0.05, 0.1) is 22.3 Å². The van der Waals surface area contributed by atoms with Gasteiger partial charge < -0.3 is 5.11 Å². The number of benzene rings is 6. The van der Waals surface area contributed by atoms with E-state index >= 15 is 0 Å². The molecule has 0 atom stereocenters. The zero-order valence-electron chi connectivity index (χ0n) is 31.1. The maximum Gasteiger partial charge on any atom is 0.149 e. The summed E-state index contributed by atoms with van der Waals surface area (Å²) >= 11 is 0. The third-order valence-electron chi connectivity index (χ3n) is 10.9. The monoisotopic (exact) mass is 701 g/mol. The first kappa shape index (κ1) is 33.6. The molecule has 6 aromatic carbocycles. The summed E-state index contributed by atoms with van der Waals surface area (Å²) < 4.78 is 2.20. The van der Waals surface area contributed by atoms with Crippen LogP contribution < -0.4 is 0 Å². The summed E-state index contributed by atoms with van der Waals surface area (Å²) in [6.45, 7) is 6.78. The van der Waals surface area contributed by atoms with Crippen LogP contribution in [0.4, 0.5) is 0 Å². The van der Waals surface area contributed by atoms with Crippen molar-refractivity contribution >= 4 is 11.0 Å². The minimum absolute atomic E-state index is 0.104. The third-order valence-corrected chi connectivity index (χ3v) is 10.9. The summed E-state index contributed by atoms with van der Waals surface area (Å²) in [6.07, 6.45) is 6.28. The first-order valence-electron chi connectivity index (χ1n) is 19.0. The molecule has 0 spiro atoms. The molecule has 0 amide bonds. The van der Waals surface area contributed by atoms with Crippen LogP contribution in [0.2, 0.25) is 0 Å². The maximum atomic E-state index is 11.5. The van der Waals surface area contributed by atoms with Crippen LogP contribution in [-0.4, -0.2) is 19.6 Å². The molecular formula is C50H43N3O. The van der Waals surface area contributed by atoms with Crippen LogP contribution >= 0.6 is 0 Å². The van der Waals surface area contributed by atoms with Crippen molar-refractivity contribution in [2.45, 2.75) is 51.9 Å². The fourth-order valence-corrected chi connectivity index (χ4v) is 7.92. The van der Waals surface area contributed by atoms with E-state index in [1.807, 2.05) is 24.4 Å².